The molecule has 2 heterocycles. The van der Waals surface area contributed by atoms with E-state index in [0.29, 0.717) is 0 Å². The van der Waals surface area contributed by atoms with E-state index in [1.54, 1.807) is 0 Å². The average molecular weight is 494 g/mol. The van der Waals surface area contributed by atoms with E-state index in [1.807, 2.05) is 6.08 Å². The summed E-state index contributed by atoms with van der Waals surface area (Å²) in [5.74, 6) is 0. The standard InChI is InChI=1S/C33H39N3O/c1-5-8-17-34-29-16-15-28-24(4)27(14-11-20-35(18-6-2)19-7-3)23-36-30-21-25-12-9-10-13-26(25)22-31(30)37-33(29)32(28)36/h6,9-10,12-13,15-16,21-23,34H,2,4-5,7-8,11,14,17-20H2,1,3H3. The first-order valence-corrected chi connectivity index (χ1v) is 13.8. The summed E-state index contributed by atoms with van der Waals surface area (Å²) in [6.45, 7) is 17.0. The molecule has 4 nitrogen and oxygen atoms in total. The minimum Gasteiger partial charge on any atom is -0.451 e. The summed E-state index contributed by atoms with van der Waals surface area (Å²) >= 11 is 0. The van der Waals surface area contributed by atoms with E-state index in [1.165, 1.54) is 16.3 Å². The Bertz CT molecular complexity index is 1560. The van der Waals surface area contributed by atoms with Crippen LogP contribution in [0.1, 0.15) is 45.1 Å². The van der Waals surface area contributed by atoms with E-state index in [-0.39, 0.29) is 0 Å². The highest BCUT2D eigenvalue weighted by atomic mass is 16.3. The molecule has 192 valence electrons. The van der Waals surface area contributed by atoms with Crippen LogP contribution in [0.15, 0.2) is 71.8 Å². The molecule has 1 N–H and O–H groups in total. The van der Waals surface area contributed by atoms with Crippen molar-refractivity contribution >= 4 is 45.1 Å². The molecule has 4 heteroatoms. The Kier molecular flexibility index (Phi) is 7.66. The molecular weight excluding hydrogens is 454 g/mol. The van der Waals surface area contributed by atoms with Gasteiger partial charge in [-0.2, -0.15) is 0 Å². The van der Waals surface area contributed by atoms with Crippen molar-refractivity contribution in [3.8, 4) is 5.69 Å². The van der Waals surface area contributed by atoms with Gasteiger partial charge in [-0.25, -0.2) is 0 Å². The molecule has 0 unspecified atom stereocenters. The molecule has 5 rings (SSSR count). The van der Waals surface area contributed by atoms with Gasteiger partial charge in [-0.05, 0) is 84.6 Å². The third kappa shape index (κ3) is 5.03. The SMILES string of the molecule is C=CCN(CCC)CCCc1cn2c3cc4ccccc4cc3oc3c(NCCCC)ccc(c3-2)c1=C. The number of nitrogens with zero attached hydrogens (tertiary/aromatic N) is 2. The lowest BCUT2D eigenvalue weighted by Gasteiger charge is -2.23. The van der Waals surface area contributed by atoms with Crippen molar-refractivity contribution in [1.29, 1.82) is 0 Å². The zero-order valence-corrected chi connectivity index (χ0v) is 22.4. The van der Waals surface area contributed by atoms with Crippen LogP contribution in [0.4, 0.5) is 5.69 Å². The number of nitrogens with one attached hydrogen (secondary N) is 1. The summed E-state index contributed by atoms with van der Waals surface area (Å²) < 4.78 is 9.00. The molecule has 0 atom stereocenters. The first kappa shape index (κ1) is 25.2. The molecule has 0 saturated heterocycles. The normalized spacial score (nSPS) is 11.9. The molecule has 0 radical (unpaired) electrons. The van der Waals surface area contributed by atoms with Crippen LogP contribution in [0.3, 0.4) is 0 Å². The summed E-state index contributed by atoms with van der Waals surface area (Å²) in [5.41, 5.74) is 6.30. The predicted octanol–water partition coefficient (Wildman–Crippen LogP) is 7.70. The number of unbranched alkanes of at least 4 members (excludes halogenated alkanes) is 1. The van der Waals surface area contributed by atoms with Crippen LogP contribution in [-0.2, 0) is 6.42 Å². The average Bonchev–Trinajstić information content (AvgIpc) is 2.91. The zero-order valence-electron chi connectivity index (χ0n) is 22.4. The quantitative estimate of drug-likeness (QED) is 0.0836. The number of hydrogen-bond acceptors (Lipinski definition) is 3. The second-order valence-corrected chi connectivity index (χ2v) is 10.1. The molecule has 0 saturated carbocycles. The van der Waals surface area contributed by atoms with Gasteiger partial charge in [-0.3, -0.25) is 4.90 Å². The fraction of sp³-hybridized carbons (Fsp3) is 0.333. The minimum atomic E-state index is 0.894. The summed E-state index contributed by atoms with van der Waals surface area (Å²) in [6, 6.07) is 17.3. The highest BCUT2D eigenvalue weighted by Crippen LogP contribution is 2.36. The van der Waals surface area contributed by atoms with E-state index in [4.69, 9.17) is 4.42 Å². The van der Waals surface area contributed by atoms with E-state index in [0.717, 1.165) is 96.9 Å². The van der Waals surface area contributed by atoms with Crippen LogP contribution in [0.25, 0.3) is 45.1 Å². The highest BCUT2D eigenvalue weighted by molar-refractivity contribution is 6.00. The lowest BCUT2D eigenvalue weighted by atomic mass is 10.0. The lowest BCUT2D eigenvalue weighted by molar-refractivity contribution is 0.299. The maximum absolute atomic E-state index is 6.65. The Morgan fingerprint density at radius 1 is 1.00 bits per heavy atom. The van der Waals surface area contributed by atoms with E-state index < -0.39 is 0 Å². The van der Waals surface area contributed by atoms with Gasteiger partial charge in [-0.15, -0.1) is 6.58 Å². The van der Waals surface area contributed by atoms with Crippen molar-refractivity contribution in [2.45, 2.75) is 46.0 Å². The maximum Gasteiger partial charge on any atom is 0.175 e. The Labute approximate surface area is 220 Å². The van der Waals surface area contributed by atoms with Crippen LogP contribution in [-0.4, -0.2) is 35.6 Å². The number of anilines is 1. The minimum absolute atomic E-state index is 0.894. The molecule has 0 amide bonds. The number of fused-ring (bicyclic) bond motifs is 3. The Balaban J connectivity index is 1.65. The van der Waals surface area contributed by atoms with Crippen LogP contribution < -0.4 is 10.5 Å². The van der Waals surface area contributed by atoms with E-state index in [9.17, 15) is 0 Å². The second-order valence-electron chi connectivity index (χ2n) is 10.1. The molecule has 2 aliphatic rings. The van der Waals surface area contributed by atoms with E-state index >= 15 is 0 Å². The molecular formula is C33H39N3O. The van der Waals surface area contributed by atoms with Crippen molar-refractivity contribution in [3.63, 3.8) is 0 Å². The second kappa shape index (κ2) is 11.3. The Hall–Kier alpha value is -3.50. The number of benzene rings is 3. The lowest BCUT2D eigenvalue weighted by Crippen LogP contribution is -2.26. The molecule has 2 aliphatic heterocycles. The molecule has 3 aromatic rings. The van der Waals surface area contributed by atoms with Gasteiger partial charge in [0.1, 0.15) is 0 Å². The first-order chi connectivity index (χ1) is 18.1. The number of pyridine rings is 1. The van der Waals surface area contributed by atoms with Crippen molar-refractivity contribution in [2.24, 2.45) is 0 Å². The van der Waals surface area contributed by atoms with Gasteiger partial charge in [0.05, 0.1) is 16.9 Å². The first-order valence-electron chi connectivity index (χ1n) is 13.8. The van der Waals surface area contributed by atoms with Gasteiger partial charge in [0.25, 0.3) is 0 Å². The summed E-state index contributed by atoms with van der Waals surface area (Å²) in [7, 11) is 0. The van der Waals surface area contributed by atoms with Crippen LogP contribution >= 0.6 is 0 Å². The number of rotatable bonds is 12. The smallest absolute Gasteiger partial charge is 0.175 e. The fourth-order valence-electron chi connectivity index (χ4n) is 5.45. The third-order valence-electron chi connectivity index (χ3n) is 7.36. The van der Waals surface area contributed by atoms with Crippen LogP contribution in [0.5, 0.6) is 0 Å². The molecule has 37 heavy (non-hydrogen) atoms. The molecule has 0 aliphatic carbocycles. The third-order valence-corrected chi connectivity index (χ3v) is 7.36. The topological polar surface area (TPSA) is 33.3 Å². The molecule has 0 spiro atoms. The predicted molar refractivity (Wildman–Crippen MR) is 160 cm³/mol. The van der Waals surface area contributed by atoms with E-state index in [2.05, 4.69) is 96.5 Å². The Morgan fingerprint density at radius 2 is 1.81 bits per heavy atom. The van der Waals surface area contributed by atoms with Crippen molar-refractivity contribution in [1.82, 2.24) is 9.47 Å². The number of aryl methyl sites for hydroxylation is 1. The number of hydrogen-bond donors (Lipinski definition) is 1. The molecule has 0 fully saturated rings. The zero-order chi connectivity index (χ0) is 25.8. The van der Waals surface area contributed by atoms with Gasteiger partial charge < -0.3 is 14.3 Å². The van der Waals surface area contributed by atoms with Gasteiger partial charge in [-0.1, -0.05) is 57.2 Å². The van der Waals surface area contributed by atoms with Crippen LogP contribution in [0.2, 0.25) is 0 Å². The molecule has 0 aromatic heterocycles. The number of aromatic nitrogens is 1. The van der Waals surface area contributed by atoms with Gasteiger partial charge in [0, 0.05) is 24.7 Å². The summed E-state index contributed by atoms with van der Waals surface area (Å²) in [4.78, 5) is 2.48. The highest BCUT2D eigenvalue weighted by Gasteiger charge is 2.20. The van der Waals surface area contributed by atoms with Crippen LogP contribution in [0, 0.1) is 0 Å². The van der Waals surface area contributed by atoms with Gasteiger partial charge in [0.2, 0.25) is 0 Å². The summed E-state index contributed by atoms with van der Waals surface area (Å²) in [5, 5.41) is 8.28. The largest absolute Gasteiger partial charge is 0.451 e. The van der Waals surface area contributed by atoms with Crippen molar-refractivity contribution < 1.29 is 4.42 Å². The fourth-order valence-corrected chi connectivity index (χ4v) is 5.45. The Morgan fingerprint density at radius 3 is 2.57 bits per heavy atom. The summed E-state index contributed by atoms with van der Waals surface area (Å²) in [6.07, 6.45) is 9.82. The van der Waals surface area contributed by atoms with Gasteiger partial charge in [0.15, 0.2) is 11.2 Å². The molecule has 0 bridgehead atoms. The van der Waals surface area contributed by atoms with Crippen molar-refractivity contribution in [2.75, 3.05) is 31.5 Å². The maximum atomic E-state index is 6.65. The monoisotopic (exact) mass is 493 g/mol. The van der Waals surface area contributed by atoms with Crippen molar-refractivity contribution in [3.05, 3.63) is 78.2 Å². The molecule has 3 aromatic carbocycles. The van der Waals surface area contributed by atoms with Gasteiger partial charge >= 0.3 is 0 Å².